The van der Waals surface area contributed by atoms with Crippen molar-refractivity contribution in [3.63, 3.8) is 0 Å². The van der Waals surface area contributed by atoms with Crippen molar-refractivity contribution in [2.24, 2.45) is 0 Å². The van der Waals surface area contributed by atoms with Gasteiger partial charge in [-0.3, -0.25) is 0 Å². The lowest BCUT2D eigenvalue weighted by Gasteiger charge is -2.37. The number of benzene rings is 1. The molecule has 2 amide bonds. The monoisotopic (exact) mass is 338 g/mol. The van der Waals surface area contributed by atoms with Crippen LogP contribution in [0, 0.1) is 11.3 Å². The lowest BCUT2D eigenvalue weighted by molar-refractivity contribution is -0.137. The van der Waals surface area contributed by atoms with Gasteiger partial charge in [0, 0.05) is 37.9 Å². The zero-order valence-corrected chi connectivity index (χ0v) is 12.9. The van der Waals surface area contributed by atoms with Crippen molar-refractivity contribution in [1.29, 1.82) is 5.26 Å². The normalized spacial score (nSPS) is 19.3. The highest BCUT2D eigenvalue weighted by atomic mass is 19.4. The second-order valence-corrected chi connectivity index (χ2v) is 5.98. The first-order valence-electron chi connectivity index (χ1n) is 7.81. The number of carbonyl (C=O) groups excluding carboxylic acids is 1. The Kier molecular flexibility index (Phi) is 4.26. The fourth-order valence-corrected chi connectivity index (χ4v) is 3.34. The largest absolute Gasteiger partial charge is 0.417 e. The van der Waals surface area contributed by atoms with Crippen molar-refractivity contribution in [2.75, 3.05) is 31.1 Å². The Morgan fingerprint density at radius 2 is 1.92 bits per heavy atom. The molecule has 0 aromatic heterocycles. The van der Waals surface area contributed by atoms with Gasteiger partial charge in [-0.25, -0.2) is 4.79 Å². The minimum atomic E-state index is -4.53. The molecule has 0 bridgehead atoms. The van der Waals surface area contributed by atoms with Crippen LogP contribution in [0.4, 0.5) is 23.7 Å². The fourth-order valence-electron chi connectivity index (χ4n) is 3.34. The standard InChI is InChI=1S/C16H17F3N4O/c17-16(18,19)14-2-1-13(9-11(14)10-20)22-6-3-12(4-7-22)23-8-5-21-15(23)24/h1-2,9,12H,3-8H2,(H,21,24). The number of hydrogen-bond donors (Lipinski definition) is 1. The van der Waals surface area contributed by atoms with Crippen molar-refractivity contribution >= 4 is 11.7 Å². The molecule has 1 aromatic carbocycles. The first-order valence-corrected chi connectivity index (χ1v) is 7.81. The van der Waals surface area contributed by atoms with Gasteiger partial charge in [0.05, 0.1) is 17.2 Å². The summed E-state index contributed by atoms with van der Waals surface area (Å²) in [5.41, 5.74) is -0.651. The van der Waals surface area contributed by atoms with Gasteiger partial charge in [-0.1, -0.05) is 0 Å². The van der Waals surface area contributed by atoms with Crippen molar-refractivity contribution in [2.45, 2.75) is 25.1 Å². The molecule has 8 heteroatoms. The molecule has 0 unspecified atom stereocenters. The Morgan fingerprint density at radius 3 is 2.46 bits per heavy atom. The van der Waals surface area contributed by atoms with Crippen LogP contribution in [0.1, 0.15) is 24.0 Å². The van der Waals surface area contributed by atoms with Crippen LogP contribution in [-0.2, 0) is 6.18 Å². The molecule has 0 aliphatic carbocycles. The van der Waals surface area contributed by atoms with E-state index in [9.17, 15) is 18.0 Å². The molecule has 2 heterocycles. The number of nitrogens with one attached hydrogen (secondary N) is 1. The number of nitrogens with zero attached hydrogens (tertiary/aromatic N) is 3. The number of carbonyl (C=O) groups is 1. The van der Waals surface area contributed by atoms with E-state index in [4.69, 9.17) is 5.26 Å². The maximum absolute atomic E-state index is 12.9. The molecular weight excluding hydrogens is 321 g/mol. The van der Waals surface area contributed by atoms with Gasteiger partial charge >= 0.3 is 12.2 Å². The summed E-state index contributed by atoms with van der Waals surface area (Å²) < 4.78 is 38.6. The Bertz CT molecular complexity index is 675. The van der Waals surface area contributed by atoms with Gasteiger partial charge in [-0.15, -0.1) is 0 Å². The predicted molar refractivity (Wildman–Crippen MR) is 81.5 cm³/mol. The lowest BCUT2D eigenvalue weighted by Crippen LogP contribution is -2.46. The van der Waals surface area contributed by atoms with Crippen LogP contribution in [0.3, 0.4) is 0 Å². The van der Waals surface area contributed by atoms with E-state index in [2.05, 4.69) is 5.32 Å². The molecule has 1 aromatic rings. The van der Waals surface area contributed by atoms with E-state index in [0.717, 1.165) is 18.9 Å². The smallest absolute Gasteiger partial charge is 0.371 e. The summed E-state index contributed by atoms with van der Waals surface area (Å²) in [6.07, 6.45) is -3.01. The minimum Gasteiger partial charge on any atom is -0.371 e. The summed E-state index contributed by atoms with van der Waals surface area (Å²) in [6.45, 7) is 2.64. The number of amides is 2. The number of halogens is 3. The quantitative estimate of drug-likeness (QED) is 0.902. The van der Waals surface area contributed by atoms with E-state index in [1.165, 1.54) is 12.1 Å². The number of urea groups is 1. The molecule has 24 heavy (non-hydrogen) atoms. The van der Waals surface area contributed by atoms with Crippen molar-refractivity contribution in [3.8, 4) is 6.07 Å². The maximum atomic E-state index is 12.9. The Morgan fingerprint density at radius 1 is 1.21 bits per heavy atom. The number of nitriles is 1. The number of hydrogen-bond acceptors (Lipinski definition) is 3. The number of anilines is 1. The molecule has 128 valence electrons. The van der Waals surface area contributed by atoms with Crippen molar-refractivity contribution < 1.29 is 18.0 Å². The third kappa shape index (κ3) is 3.11. The second-order valence-electron chi connectivity index (χ2n) is 5.98. The summed E-state index contributed by atoms with van der Waals surface area (Å²) in [7, 11) is 0. The topological polar surface area (TPSA) is 59.4 Å². The molecule has 1 N–H and O–H groups in total. The highest BCUT2D eigenvalue weighted by Crippen LogP contribution is 2.34. The molecule has 2 fully saturated rings. The van der Waals surface area contributed by atoms with Gasteiger partial charge in [0.1, 0.15) is 0 Å². The van der Waals surface area contributed by atoms with Crippen LogP contribution < -0.4 is 10.2 Å². The summed E-state index contributed by atoms with van der Waals surface area (Å²) >= 11 is 0. The molecule has 2 saturated heterocycles. The van der Waals surface area contributed by atoms with Gasteiger partial charge in [-0.05, 0) is 31.0 Å². The molecule has 3 rings (SSSR count). The van der Waals surface area contributed by atoms with E-state index in [1.807, 2.05) is 9.80 Å². The van der Waals surface area contributed by atoms with Crippen LogP contribution in [0.15, 0.2) is 18.2 Å². The van der Waals surface area contributed by atoms with Crippen LogP contribution in [0.2, 0.25) is 0 Å². The predicted octanol–water partition coefficient (Wildman–Crippen LogP) is 2.57. The Balaban J connectivity index is 1.70. The Hall–Kier alpha value is -2.43. The van der Waals surface area contributed by atoms with E-state index >= 15 is 0 Å². The SMILES string of the molecule is N#Cc1cc(N2CCC(N3CCNC3=O)CC2)ccc1C(F)(F)F. The first kappa shape index (κ1) is 16.4. The fraction of sp³-hybridized carbons (Fsp3) is 0.500. The van der Waals surface area contributed by atoms with Crippen LogP contribution in [-0.4, -0.2) is 43.2 Å². The summed E-state index contributed by atoms with van der Waals surface area (Å²) in [5.74, 6) is 0. The first-order chi connectivity index (χ1) is 11.4. The molecule has 2 aliphatic heterocycles. The molecule has 5 nitrogen and oxygen atoms in total. The van der Waals surface area contributed by atoms with E-state index in [1.54, 1.807) is 6.07 Å². The van der Waals surface area contributed by atoms with Gasteiger partial charge in [0.25, 0.3) is 0 Å². The minimum absolute atomic E-state index is 0.0465. The van der Waals surface area contributed by atoms with E-state index < -0.39 is 11.7 Å². The third-order valence-electron chi connectivity index (χ3n) is 4.59. The van der Waals surface area contributed by atoms with Gasteiger partial charge in [0.15, 0.2) is 0 Å². The molecule has 0 atom stereocenters. The highest BCUT2D eigenvalue weighted by molar-refractivity contribution is 5.76. The van der Waals surface area contributed by atoms with Crippen LogP contribution in [0.25, 0.3) is 0 Å². The van der Waals surface area contributed by atoms with Crippen LogP contribution in [0.5, 0.6) is 0 Å². The summed E-state index contributed by atoms with van der Waals surface area (Å²) in [6, 6.07) is 5.42. The van der Waals surface area contributed by atoms with Gasteiger partial charge in [0.2, 0.25) is 0 Å². The maximum Gasteiger partial charge on any atom is 0.417 e. The van der Waals surface area contributed by atoms with Gasteiger partial charge in [-0.2, -0.15) is 18.4 Å². The molecular formula is C16H17F3N4O. The van der Waals surface area contributed by atoms with Crippen molar-refractivity contribution in [1.82, 2.24) is 10.2 Å². The van der Waals surface area contributed by atoms with Gasteiger partial charge < -0.3 is 15.1 Å². The highest BCUT2D eigenvalue weighted by Gasteiger charge is 2.34. The third-order valence-corrected chi connectivity index (χ3v) is 4.59. The summed E-state index contributed by atoms with van der Waals surface area (Å²) in [4.78, 5) is 15.5. The number of alkyl halides is 3. The van der Waals surface area contributed by atoms with Crippen LogP contribution >= 0.6 is 0 Å². The zero-order valence-electron chi connectivity index (χ0n) is 12.9. The van der Waals surface area contributed by atoms with E-state index in [0.29, 0.717) is 31.9 Å². The van der Waals surface area contributed by atoms with Crippen molar-refractivity contribution in [3.05, 3.63) is 29.3 Å². The Labute approximate surface area is 137 Å². The molecule has 0 saturated carbocycles. The number of rotatable bonds is 2. The average molecular weight is 338 g/mol. The number of piperidine rings is 1. The summed E-state index contributed by atoms with van der Waals surface area (Å²) in [5, 5.41) is 11.8. The lowest BCUT2D eigenvalue weighted by atomic mass is 10.0. The molecule has 0 spiro atoms. The molecule has 0 radical (unpaired) electrons. The van der Waals surface area contributed by atoms with E-state index in [-0.39, 0.29) is 17.6 Å². The second kappa shape index (κ2) is 6.23. The zero-order chi connectivity index (χ0) is 17.3. The average Bonchev–Trinajstić information content (AvgIpc) is 2.99. The molecule has 2 aliphatic rings.